The van der Waals surface area contributed by atoms with E-state index in [1.165, 1.54) is 30.3 Å². The molecular formula is C26H30FN3O5. The molecule has 0 saturated heterocycles. The highest BCUT2D eigenvalue weighted by Gasteiger charge is 2.34. The van der Waals surface area contributed by atoms with Gasteiger partial charge < -0.3 is 24.4 Å². The van der Waals surface area contributed by atoms with Crippen LogP contribution in [0.2, 0.25) is 0 Å². The van der Waals surface area contributed by atoms with E-state index < -0.39 is 12.1 Å². The fourth-order valence-corrected chi connectivity index (χ4v) is 3.67. The number of pyridine rings is 1. The van der Waals surface area contributed by atoms with E-state index >= 15 is 0 Å². The van der Waals surface area contributed by atoms with Crippen LogP contribution in [0.4, 0.5) is 4.39 Å². The van der Waals surface area contributed by atoms with Crippen molar-refractivity contribution in [2.45, 2.75) is 26.0 Å². The summed E-state index contributed by atoms with van der Waals surface area (Å²) < 4.78 is 24.2. The first kappa shape index (κ1) is 26.1. The van der Waals surface area contributed by atoms with Crippen LogP contribution in [-0.4, -0.2) is 84.3 Å². The van der Waals surface area contributed by atoms with Gasteiger partial charge in [0.2, 0.25) is 11.8 Å². The zero-order valence-electron chi connectivity index (χ0n) is 20.3. The normalized spacial score (nSPS) is 18.3. The SMILES string of the molecule is COCC(=O)N(C)C[C@H]1Oc2ncc(C#Cc3ccc(F)cc3)cc2C(=O)N([C@@H](C)CO)C[C@H]1C. The minimum absolute atomic E-state index is 0.0469. The summed E-state index contributed by atoms with van der Waals surface area (Å²) in [4.78, 5) is 33.2. The van der Waals surface area contributed by atoms with Gasteiger partial charge in [0.05, 0.1) is 19.2 Å². The van der Waals surface area contributed by atoms with E-state index in [1.807, 2.05) is 6.92 Å². The number of fused-ring (bicyclic) bond motifs is 1. The summed E-state index contributed by atoms with van der Waals surface area (Å²) in [7, 11) is 3.12. The van der Waals surface area contributed by atoms with Crippen LogP contribution >= 0.6 is 0 Å². The van der Waals surface area contributed by atoms with Crippen molar-refractivity contribution in [2.75, 3.05) is 40.5 Å². The summed E-state index contributed by atoms with van der Waals surface area (Å²) in [5.41, 5.74) is 1.33. The van der Waals surface area contributed by atoms with E-state index in [-0.39, 0.29) is 54.8 Å². The minimum Gasteiger partial charge on any atom is -0.472 e. The second-order valence-corrected chi connectivity index (χ2v) is 8.66. The first-order chi connectivity index (χ1) is 16.7. The minimum atomic E-state index is -0.454. The zero-order valence-corrected chi connectivity index (χ0v) is 20.3. The average molecular weight is 484 g/mol. The van der Waals surface area contributed by atoms with Gasteiger partial charge in [0.15, 0.2) is 0 Å². The number of likely N-dealkylation sites (N-methyl/N-ethyl adjacent to an activating group) is 1. The molecule has 1 N–H and O–H groups in total. The number of methoxy groups -OCH3 is 1. The predicted molar refractivity (Wildman–Crippen MR) is 127 cm³/mol. The number of halogens is 1. The molecule has 2 heterocycles. The Morgan fingerprint density at radius 1 is 1.34 bits per heavy atom. The number of ether oxygens (including phenoxy) is 2. The number of benzene rings is 1. The number of carbonyl (C=O) groups is 2. The molecule has 35 heavy (non-hydrogen) atoms. The fourth-order valence-electron chi connectivity index (χ4n) is 3.67. The lowest BCUT2D eigenvalue weighted by molar-refractivity contribution is -0.135. The Labute approximate surface area is 204 Å². The number of amides is 2. The fraction of sp³-hybridized carbons (Fsp3) is 0.423. The molecule has 0 unspecified atom stereocenters. The lowest BCUT2D eigenvalue weighted by Crippen LogP contribution is -2.50. The molecule has 1 aliphatic heterocycles. The Kier molecular flexibility index (Phi) is 8.79. The lowest BCUT2D eigenvalue weighted by atomic mass is 10.00. The summed E-state index contributed by atoms with van der Waals surface area (Å²) in [6, 6.07) is 6.95. The molecule has 3 atom stereocenters. The highest BCUT2D eigenvalue weighted by molar-refractivity contribution is 5.97. The van der Waals surface area contributed by atoms with Crippen LogP contribution < -0.4 is 4.74 Å². The average Bonchev–Trinajstić information content (AvgIpc) is 2.85. The largest absolute Gasteiger partial charge is 0.472 e. The predicted octanol–water partition coefficient (Wildman–Crippen LogP) is 1.95. The molecule has 8 nitrogen and oxygen atoms in total. The molecular weight excluding hydrogens is 453 g/mol. The molecule has 2 aromatic rings. The van der Waals surface area contributed by atoms with Crippen molar-refractivity contribution in [1.29, 1.82) is 0 Å². The molecule has 0 radical (unpaired) electrons. The molecule has 0 spiro atoms. The van der Waals surface area contributed by atoms with E-state index in [9.17, 15) is 19.1 Å². The molecule has 1 aromatic carbocycles. The van der Waals surface area contributed by atoms with E-state index in [2.05, 4.69) is 16.8 Å². The van der Waals surface area contributed by atoms with Crippen LogP contribution in [0.3, 0.4) is 0 Å². The summed E-state index contributed by atoms with van der Waals surface area (Å²) in [5.74, 6) is 5.00. The van der Waals surface area contributed by atoms with Crippen molar-refractivity contribution in [2.24, 2.45) is 5.92 Å². The van der Waals surface area contributed by atoms with Gasteiger partial charge in [-0.3, -0.25) is 9.59 Å². The number of hydrogen-bond donors (Lipinski definition) is 1. The molecule has 3 rings (SSSR count). The number of aromatic nitrogens is 1. The van der Waals surface area contributed by atoms with Crippen LogP contribution in [0.15, 0.2) is 36.5 Å². The molecule has 9 heteroatoms. The maximum absolute atomic E-state index is 13.4. The highest BCUT2D eigenvalue weighted by atomic mass is 19.1. The Morgan fingerprint density at radius 2 is 2.03 bits per heavy atom. The Bertz CT molecular complexity index is 1110. The summed E-state index contributed by atoms with van der Waals surface area (Å²) in [6.45, 7) is 4.03. The quantitative estimate of drug-likeness (QED) is 0.632. The molecule has 0 aliphatic carbocycles. The maximum Gasteiger partial charge on any atom is 0.259 e. The van der Waals surface area contributed by atoms with E-state index in [0.29, 0.717) is 17.7 Å². The smallest absolute Gasteiger partial charge is 0.259 e. The second kappa shape index (κ2) is 11.8. The van der Waals surface area contributed by atoms with E-state index in [1.54, 1.807) is 37.1 Å². The van der Waals surface area contributed by atoms with Crippen molar-refractivity contribution in [1.82, 2.24) is 14.8 Å². The van der Waals surface area contributed by atoms with Crippen LogP contribution in [0, 0.1) is 23.6 Å². The third-order valence-electron chi connectivity index (χ3n) is 5.86. The number of aliphatic hydroxyl groups is 1. The molecule has 0 saturated carbocycles. The van der Waals surface area contributed by atoms with Gasteiger partial charge in [-0.1, -0.05) is 18.8 Å². The maximum atomic E-state index is 13.4. The Balaban J connectivity index is 1.96. The topological polar surface area (TPSA) is 92.2 Å². The van der Waals surface area contributed by atoms with E-state index in [4.69, 9.17) is 9.47 Å². The number of hydrogen-bond acceptors (Lipinski definition) is 6. The second-order valence-electron chi connectivity index (χ2n) is 8.66. The molecule has 0 fully saturated rings. The van der Waals surface area contributed by atoms with Crippen LogP contribution in [0.1, 0.15) is 35.3 Å². The third kappa shape index (κ3) is 6.56. The number of nitrogens with zero attached hydrogens (tertiary/aromatic N) is 3. The molecule has 186 valence electrons. The molecule has 1 aromatic heterocycles. The first-order valence-corrected chi connectivity index (χ1v) is 11.3. The highest BCUT2D eigenvalue weighted by Crippen LogP contribution is 2.27. The first-order valence-electron chi connectivity index (χ1n) is 11.3. The summed E-state index contributed by atoms with van der Waals surface area (Å²) in [5, 5.41) is 9.77. The Hall–Kier alpha value is -3.48. The lowest BCUT2D eigenvalue weighted by Gasteiger charge is -2.37. The third-order valence-corrected chi connectivity index (χ3v) is 5.86. The summed E-state index contributed by atoms with van der Waals surface area (Å²) >= 11 is 0. The molecule has 2 amide bonds. The molecule has 0 bridgehead atoms. The van der Waals surface area contributed by atoms with Gasteiger partial charge >= 0.3 is 0 Å². The van der Waals surface area contributed by atoms with Crippen LogP contribution in [0.5, 0.6) is 5.88 Å². The zero-order chi connectivity index (χ0) is 25.5. The van der Waals surface area contributed by atoms with Crippen molar-refractivity contribution >= 4 is 11.8 Å². The van der Waals surface area contributed by atoms with Gasteiger partial charge in [-0.15, -0.1) is 0 Å². The number of aliphatic hydroxyl groups excluding tert-OH is 1. The van der Waals surface area contributed by atoms with Crippen molar-refractivity contribution in [3.05, 3.63) is 59.0 Å². The van der Waals surface area contributed by atoms with Gasteiger partial charge in [-0.05, 0) is 37.3 Å². The van der Waals surface area contributed by atoms with Crippen LogP contribution in [0.25, 0.3) is 0 Å². The monoisotopic (exact) mass is 483 g/mol. The van der Waals surface area contributed by atoms with Crippen molar-refractivity contribution in [3.8, 4) is 17.7 Å². The van der Waals surface area contributed by atoms with E-state index in [0.717, 1.165) is 0 Å². The molecule has 1 aliphatic rings. The Morgan fingerprint density at radius 3 is 2.69 bits per heavy atom. The van der Waals surface area contributed by atoms with Gasteiger partial charge in [0.1, 0.15) is 24.1 Å². The van der Waals surface area contributed by atoms with Crippen molar-refractivity contribution in [3.63, 3.8) is 0 Å². The number of carbonyl (C=O) groups excluding carboxylic acids is 2. The number of rotatable bonds is 6. The van der Waals surface area contributed by atoms with Gasteiger partial charge in [0.25, 0.3) is 5.91 Å². The van der Waals surface area contributed by atoms with Crippen LogP contribution in [-0.2, 0) is 9.53 Å². The van der Waals surface area contributed by atoms with Gasteiger partial charge in [0, 0.05) is 43.9 Å². The van der Waals surface area contributed by atoms with Gasteiger partial charge in [-0.2, -0.15) is 0 Å². The summed E-state index contributed by atoms with van der Waals surface area (Å²) in [6.07, 6.45) is 1.05. The van der Waals surface area contributed by atoms with Gasteiger partial charge in [-0.25, -0.2) is 9.37 Å². The van der Waals surface area contributed by atoms with Crippen molar-refractivity contribution < 1.29 is 28.6 Å². The standard InChI is InChI=1S/C26H30FN3O5/c1-17-13-30(18(2)15-31)26(33)22-11-20(6-5-19-7-9-21(27)10-8-19)12-28-25(22)35-23(17)14-29(3)24(32)16-34-4/h7-12,17-18,23,31H,13-16H2,1-4H3/t17-,18+,23-/m1/s1.